The molecule has 0 unspecified atom stereocenters. The molecule has 8 heteroatoms. The molecule has 0 fully saturated rings. The lowest BCUT2D eigenvalue weighted by Gasteiger charge is -2.18. The molecule has 0 saturated carbocycles. The number of hydrogen-bond acceptors (Lipinski definition) is 6. The Labute approximate surface area is 124 Å². The molecule has 2 aromatic rings. The Morgan fingerprint density at radius 1 is 1.14 bits per heavy atom. The van der Waals surface area contributed by atoms with Gasteiger partial charge in [0.1, 0.15) is 13.2 Å². The van der Waals surface area contributed by atoms with Gasteiger partial charge in [0, 0.05) is 19.0 Å². The normalized spacial score (nSPS) is 13.2. The van der Waals surface area contributed by atoms with E-state index in [1.54, 1.807) is 12.1 Å². The fourth-order valence-corrected chi connectivity index (χ4v) is 2.84. The molecule has 1 aromatic carbocycles. The molecule has 0 amide bonds. The van der Waals surface area contributed by atoms with Crippen molar-refractivity contribution in [3.63, 3.8) is 0 Å². The van der Waals surface area contributed by atoms with Gasteiger partial charge in [-0.2, -0.15) is 5.10 Å². The zero-order valence-corrected chi connectivity index (χ0v) is 12.3. The molecule has 0 radical (unpaired) electrons. The summed E-state index contributed by atoms with van der Waals surface area (Å²) >= 11 is 1.18. The Morgan fingerprint density at radius 3 is 2.62 bits per heavy atom. The Balaban J connectivity index is 1.98. The molecular weight excluding hydrogens is 294 g/mol. The van der Waals surface area contributed by atoms with Crippen molar-refractivity contribution in [1.29, 1.82) is 0 Å². The molecule has 0 N–H and O–H groups in total. The summed E-state index contributed by atoms with van der Waals surface area (Å²) in [5.74, 6) is 1.33. The van der Waals surface area contributed by atoms with Gasteiger partial charge < -0.3 is 9.47 Å². The SMILES string of the molecule is Cn1nc(Sc2ccc3c(c2)OCCO3)c(=O)n(C)c1=O. The lowest BCUT2D eigenvalue weighted by Crippen LogP contribution is -2.39. The van der Waals surface area contributed by atoms with E-state index in [9.17, 15) is 9.59 Å². The molecule has 1 aliphatic heterocycles. The first-order valence-corrected chi connectivity index (χ1v) is 7.10. The molecule has 3 rings (SSSR count). The van der Waals surface area contributed by atoms with Gasteiger partial charge in [0.2, 0.25) is 0 Å². The van der Waals surface area contributed by atoms with Crippen molar-refractivity contribution >= 4 is 11.8 Å². The van der Waals surface area contributed by atoms with Crippen LogP contribution in [-0.4, -0.2) is 27.6 Å². The Kier molecular flexibility index (Phi) is 3.46. The number of rotatable bonds is 2. The van der Waals surface area contributed by atoms with Crippen LogP contribution >= 0.6 is 11.8 Å². The highest BCUT2D eigenvalue weighted by molar-refractivity contribution is 7.99. The van der Waals surface area contributed by atoms with E-state index >= 15 is 0 Å². The van der Waals surface area contributed by atoms with E-state index in [2.05, 4.69) is 5.10 Å². The van der Waals surface area contributed by atoms with Gasteiger partial charge >= 0.3 is 5.69 Å². The minimum absolute atomic E-state index is 0.233. The first-order chi connectivity index (χ1) is 10.1. The number of hydrogen-bond donors (Lipinski definition) is 0. The summed E-state index contributed by atoms with van der Waals surface area (Å²) in [5, 5.41) is 4.23. The first kappa shape index (κ1) is 13.7. The highest BCUT2D eigenvalue weighted by Gasteiger charge is 2.15. The van der Waals surface area contributed by atoms with Crippen LogP contribution in [0.4, 0.5) is 0 Å². The van der Waals surface area contributed by atoms with E-state index in [0.717, 1.165) is 14.1 Å². The fraction of sp³-hybridized carbons (Fsp3) is 0.308. The zero-order chi connectivity index (χ0) is 15.0. The fourth-order valence-electron chi connectivity index (χ4n) is 1.93. The molecule has 21 heavy (non-hydrogen) atoms. The minimum atomic E-state index is -0.452. The van der Waals surface area contributed by atoms with Crippen LogP contribution in [0.3, 0.4) is 0 Å². The van der Waals surface area contributed by atoms with E-state index in [1.807, 2.05) is 6.07 Å². The summed E-state index contributed by atoms with van der Waals surface area (Å²) in [6.07, 6.45) is 0. The van der Waals surface area contributed by atoms with Crippen LogP contribution in [-0.2, 0) is 14.1 Å². The maximum Gasteiger partial charge on any atom is 0.346 e. The maximum atomic E-state index is 12.0. The molecule has 0 saturated heterocycles. The van der Waals surface area contributed by atoms with Crippen LogP contribution in [0, 0.1) is 0 Å². The predicted octanol–water partition coefficient (Wildman–Crippen LogP) is 0.401. The molecule has 1 aromatic heterocycles. The van der Waals surface area contributed by atoms with Crippen LogP contribution in [0.1, 0.15) is 0 Å². The molecule has 0 bridgehead atoms. The highest BCUT2D eigenvalue weighted by Crippen LogP contribution is 2.35. The molecule has 1 aliphatic rings. The van der Waals surface area contributed by atoms with Gasteiger partial charge in [-0.3, -0.25) is 9.36 Å². The van der Waals surface area contributed by atoms with E-state index in [0.29, 0.717) is 24.7 Å². The van der Waals surface area contributed by atoms with Crippen LogP contribution < -0.4 is 20.7 Å². The van der Waals surface area contributed by atoms with Gasteiger partial charge in [0.25, 0.3) is 5.56 Å². The second-order valence-electron chi connectivity index (χ2n) is 4.48. The summed E-state index contributed by atoms with van der Waals surface area (Å²) in [6.45, 7) is 1.03. The summed E-state index contributed by atoms with van der Waals surface area (Å²) < 4.78 is 13.1. The summed E-state index contributed by atoms with van der Waals surface area (Å²) in [6, 6.07) is 5.42. The topological polar surface area (TPSA) is 75.3 Å². The van der Waals surface area contributed by atoms with Gasteiger partial charge in [-0.15, -0.1) is 0 Å². The number of ether oxygens (including phenoxy) is 2. The summed E-state index contributed by atoms with van der Waals surface area (Å²) in [4.78, 5) is 24.4. The minimum Gasteiger partial charge on any atom is -0.486 e. The van der Waals surface area contributed by atoms with Gasteiger partial charge in [-0.1, -0.05) is 11.8 Å². The maximum absolute atomic E-state index is 12.0. The number of benzene rings is 1. The van der Waals surface area contributed by atoms with Crippen molar-refractivity contribution in [3.8, 4) is 11.5 Å². The molecule has 0 spiro atoms. The average molecular weight is 307 g/mol. The smallest absolute Gasteiger partial charge is 0.346 e. The van der Waals surface area contributed by atoms with Crippen LogP contribution in [0.25, 0.3) is 0 Å². The lowest BCUT2D eigenvalue weighted by molar-refractivity contribution is 0.171. The van der Waals surface area contributed by atoms with E-state index in [-0.39, 0.29) is 5.03 Å². The van der Waals surface area contributed by atoms with E-state index in [4.69, 9.17) is 9.47 Å². The average Bonchev–Trinajstić information content (AvgIpc) is 2.50. The Bertz CT molecular complexity index is 812. The van der Waals surface area contributed by atoms with Crippen molar-refractivity contribution in [3.05, 3.63) is 39.0 Å². The van der Waals surface area contributed by atoms with Gasteiger partial charge in [-0.05, 0) is 18.2 Å². The van der Waals surface area contributed by atoms with Crippen molar-refractivity contribution in [2.45, 2.75) is 9.92 Å². The third-order valence-corrected chi connectivity index (χ3v) is 3.96. The molecule has 0 atom stereocenters. The van der Waals surface area contributed by atoms with Gasteiger partial charge in [-0.25, -0.2) is 9.48 Å². The van der Waals surface area contributed by atoms with Crippen molar-refractivity contribution < 1.29 is 9.47 Å². The number of aromatic nitrogens is 3. The summed E-state index contributed by atoms with van der Waals surface area (Å²) in [5.41, 5.74) is -0.871. The highest BCUT2D eigenvalue weighted by atomic mass is 32.2. The summed E-state index contributed by atoms with van der Waals surface area (Å²) in [7, 11) is 2.94. The molecule has 110 valence electrons. The van der Waals surface area contributed by atoms with E-state index < -0.39 is 11.2 Å². The molecular formula is C13H13N3O4S. The van der Waals surface area contributed by atoms with Gasteiger partial charge in [0.15, 0.2) is 16.5 Å². The second-order valence-corrected chi connectivity index (χ2v) is 5.55. The van der Waals surface area contributed by atoms with Crippen molar-refractivity contribution in [1.82, 2.24) is 14.3 Å². The predicted molar refractivity (Wildman–Crippen MR) is 76.3 cm³/mol. The van der Waals surface area contributed by atoms with E-state index in [1.165, 1.54) is 25.9 Å². The van der Waals surface area contributed by atoms with Crippen molar-refractivity contribution in [2.75, 3.05) is 13.2 Å². The third-order valence-electron chi connectivity index (χ3n) is 3.02. The largest absolute Gasteiger partial charge is 0.486 e. The molecule has 2 heterocycles. The first-order valence-electron chi connectivity index (χ1n) is 6.28. The van der Waals surface area contributed by atoms with Crippen molar-refractivity contribution in [2.24, 2.45) is 14.1 Å². The Morgan fingerprint density at radius 2 is 1.86 bits per heavy atom. The monoisotopic (exact) mass is 307 g/mol. The molecule has 0 aliphatic carbocycles. The number of aryl methyl sites for hydroxylation is 1. The number of fused-ring (bicyclic) bond motifs is 1. The van der Waals surface area contributed by atoms with Crippen LogP contribution in [0.15, 0.2) is 37.7 Å². The third kappa shape index (κ3) is 2.54. The lowest BCUT2D eigenvalue weighted by atomic mass is 10.3. The molecule has 7 nitrogen and oxygen atoms in total. The zero-order valence-electron chi connectivity index (χ0n) is 11.5. The quantitative estimate of drug-likeness (QED) is 0.799. The van der Waals surface area contributed by atoms with Gasteiger partial charge in [0.05, 0.1) is 0 Å². The van der Waals surface area contributed by atoms with Crippen LogP contribution in [0.5, 0.6) is 11.5 Å². The second kappa shape index (κ2) is 5.28. The Hall–Kier alpha value is -2.22. The standard InChI is InChI=1S/C13H13N3O4S/c1-15-12(17)11(14-16(2)13(15)18)21-8-3-4-9-10(7-8)20-6-5-19-9/h3-4,7H,5-6H2,1-2H3. The number of nitrogens with zero attached hydrogens (tertiary/aromatic N) is 3. The van der Waals surface area contributed by atoms with Crippen LogP contribution in [0.2, 0.25) is 0 Å².